The summed E-state index contributed by atoms with van der Waals surface area (Å²) in [5.74, 6) is 1.44. The molecule has 104 valence electrons. The third-order valence-corrected chi connectivity index (χ3v) is 3.15. The van der Waals surface area contributed by atoms with Gasteiger partial charge in [-0.3, -0.25) is 0 Å². The molecule has 4 nitrogen and oxygen atoms in total. The monoisotopic (exact) mass is 270 g/mol. The Kier molecular flexibility index (Phi) is 4.80. The number of hydrogen-bond acceptors (Lipinski definition) is 4. The van der Waals surface area contributed by atoms with Gasteiger partial charge in [0.05, 0.1) is 18.8 Å². The van der Waals surface area contributed by atoms with Crippen LogP contribution >= 0.6 is 0 Å². The van der Waals surface area contributed by atoms with Crippen LogP contribution in [0.5, 0.6) is 5.75 Å². The quantitative estimate of drug-likeness (QED) is 0.874. The summed E-state index contributed by atoms with van der Waals surface area (Å²) >= 11 is 0. The standard InChI is InChI=1S/C16H18N2O2/c1-2-14(18)16(15-4-3-11-19-15)20-13-7-5-12(6-8-13)9-10-17/h3-8,11,14,16H,2,9,18H2,1H3. The molecule has 1 aromatic heterocycles. The molecule has 0 aliphatic carbocycles. The van der Waals surface area contributed by atoms with Crippen LogP contribution in [-0.4, -0.2) is 6.04 Å². The molecule has 4 heteroatoms. The Morgan fingerprint density at radius 2 is 2.05 bits per heavy atom. The third-order valence-electron chi connectivity index (χ3n) is 3.15. The molecule has 0 amide bonds. The second-order valence-corrected chi connectivity index (χ2v) is 4.60. The van der Waals surface area contributed by atoms with E-state index >= 15 is 0 Å². The summed E-state index contributed by atoms with van der Waals surface area (Å²) in [6.45, 7) is 2.01. The maximum absolute atomic E-state index is 8.65. The summed E-state index contributed by atoms with van der Waals surface area (Å²) in [7, 11) is 0. The molecule has 0 radical (unpaired) electrons. The average molecular weight is 270 g/mol. The molecule has 2 aromatic rings. The van der Waals surface area contributed by atoms with E-state index in [4.69, 9.17) is 20.1 Å². The highest BCUT2D eigenvalue weighted by atomic mass is 16.5. The first-order valence-corrected chi connectivity index (χ1v) is 6.66. The van der Waals surface area contributed by atoms with Crippen LogP contribution in [0.4, 0.5) is 0 Å². The molecule has 0 fully saturated rings. The molecule has 0 bridgehead atoms. The zero-order valence-electron chi connectivity index (χ0n) is 11.5. The molecule has 1 aromatic carbocycles. The second kappa shape index (κ2) is 6.78. The average Bonchev–Trinajstić information content (AvgIpc) is 3.00. The number of hydrogen-bond donors (Lipinski definition) is 1. The molecule has 2 atom stereocenters. The Hall–Kier alpha value is -2.25. The maximum Gasteiger partial charge on any atom is 0.171 e. The zero-order valence-corrected chi connectivity index (χ0v) is 11.5. The molecule has 1 heterocycles. The van der Waals surface area contributed by atoms with Gasteiger partial charge >= 0.3 is 0 Å². The van der Waals surface area contributed by atoms with E-state index in [1.54, 1.807) is 6.26 Å². The lowest BCUT2D eigenvalue weighted by Crippen LogP contribution is -2.31. The predicted octanol–water partition coefficient (Wildman–Crippen LogP) is 3.20. The molecule has 0 saturated carbocycles. The number of furan rings is 1. The number of nitrogens with zero attached hydrogens (tertiary/aromatic N) is 1. The van der Waals surface area contributed by atoms with Crippen LogP contribution < -0.4 is 10.5 Å². The molecule has 0 aliphatic heterocycles. The van der Waals surface area contributed by atoms with Crippen molar-refractivity contribution in [3.63, 3.8) is 0 Å². The van der Waals surface area contributed by atoms with Gasteiger partial charge < -0.3 is 14.9 Å². The molecule has 2 N–H and O–H groups in total. The van der Waals surface area contributed by atoms with E-state index in [9.17, 15) is 0 Å². The molecule has 2 rings (SSSR count). The van der Waals surface area contributed by atoms with Gasteiger partial charge in [-0.15, -0.1) is 0 Å². The van der Waals surface area contributed by atoms with Crippen LogP contribution in [0.25, 0.3) is 0 Å². The van der Waals surface area contributed by atoms with Crippen LogP contribution in [0.15, 0.2) is 47.1 Å². The SMILES string of the molecule is CCC(N)C(Oc1ccc(CC#N)cc1)c1ccco1. The summed E-state index contributed by atoms with van der Waals surface area (Å²) in [6.07, 6.45) is 2.50. The fraction of sp³-hybridized carbons (Fsp3) is 0.312. The fourth-order valence-electron chi connectivity index (χ4n) is 1.95. The van der Waals surface area contributed by atoms with Crippen molar-refractivity contribution in [1.29, 1.82) is 5.26 Å². The largest absolute Gasteiger partial charge is 0.481 e. The first-order chi connectivity index (χ1) is 9.74. The minimum Gasteiger partial charge on any atom is -0.481 e. The van der Waals surface area contributed by atoms with Crippen molar-refractivity contribution in [3.05, 3.63) is 54.0 Å². The number of ether oxygens (including phenoxy) is 1. The Bertz CT molecular complexity index is 555. The van der Waals surface area contributed by atoms with Crippen LogP contribution in [0.2, 0.25) is 0 Å². The Morgan fingerprint density at radius 3 is 2.60 bits per heavy atom. The lowest BCUT2D eigenvalue weighted by atomic mass is 10.1. The van der Waals surface area contributed by atoms with Gasteiger partial charge in [-0.1, -0.05) is 19.1 Å². The number of nitriles is 1. The molecule has 0 spiro atoms. The van der Waals surface area contributed by atoms with E-state index in [1.165, 1.54) is 0 Å². The van der Waals surface area contributed by atoms with Crippen molar-refractivity contribution in [3.8, 4) is 11.8 Å². The zero-order chi connectivity index (χ0) is 14.4. The van der Waals surface area contributed by atoms with Crippen LogP contribution in [0.3, 0.4) is 0 Å². The van der Waals surface area contributed by atoms with Crippen molar-refractivity contribution >= 4 is 0 Å². The summed E-state index contributed by atoms with van der Waals surface area (Å²) in [5.41, 5.74) is 7.07. The normalized spacial score (nSPS) is 13.4. The molecule has 0 aliphatic rings. The van der Waals surface area contributed by atoms with Crippen LogP contribution in [0, 0.1) is 11.3 Å². The Labute approximate surface area is 118 Å². The minimum absolute atomic E-state index is 0.139. The fourth-order valence-corrected chi connectivity index (χ4v) is 1.95. The minimum atomic E-state index is -0.309. The predicted molar refractivity (Wildman–Crippen MR) is 76.1 cm³/mol. The first kappa shape index (κ1) is 14.2. The molecular weight excluding hydrogens is 252 g/mol. The number of benzene rings is 1. The van der Waals surface area contributed by atoms with E-state index in [-0.39, 0.29) is 12.1 Å². The van der Waals surface area contributed by atoms with Gasteiger partial charge in [0.25, 0.3) is 0 Å². The van der Waals surface area contributed by atoms with Gasteiger partial charge in [-0.05, 0) is 36.2 Å². The van der Waals surface area contributed by atoms with E-state index in [0.717, 1.165) is 23.5 Å². The van der Waals surface area contributed by atoms with Crippen LogP contribution in [0.1, 0.15) is 30.8 Å². The lowest BCUT2D eigenvalue weighted by Gasteiger charge is -2.22. The van der Waals surface area contributed by atoms with Gasteiger partial charge in [0, 0.05) is 6.04 Å². The molecule has 2 unspecified atom stereocenters. The third kappa shape index (κ3) is 3.40. The highest BCUT2D eigenvalue weighted by Crippen LogP contribution is 2.26. The van der Waals surface area contributed by atoms with E-state index in [1.807, 2.05) is 43.3 Å². The second-order valence-electron chi connectivity index (χ2n) is 4.60. The van der Waals surface area contributed by atoms with Crippen molar-refractivity contribution in [2.75, 3.05) is 0 Å². The molecular formula is C16H18N2O2. The van der Waals surface area contributed by atoms with Gasteiger partial charge in [-0.25, -0.2) is 0 Å². The molecule has 0 saturated heterocycles. The smallest absolute Gasteiger partial charge is 0.171 e. The van der Waals surface area contributed by atoms with Crippen molar-refractivity contribution in [1.82, 2.24) is 0 Å². The molecule has 20 heavy (non-hydrogen) atoms. The summed E-state index contributed by atoms with van der Waals surface area (Å²) in [6, 6.07) is 13.1. The van der Waals surface area contributed by atoms with Gasteiger partial charge in [0.15, 0.2) is 6.10 Å². The van der Waals surface area contributed by atoms with Gasteiger partial charge in [0.2, 0.25) is 0 Å². The summed E-state index contributed by atoms with van der Waals surface area (Å²) in [5, 5.41) is 8.65. The first-order valence-electron chi connectivity index (χ1n) is 6.66. The topological polar surface area (TPSA) is 72.2 Å². The van der Waals surface area contributed by atoms with Gasteiger partial charge in [0.1, 0.15) is 11.5 Å². The van der Waals surface area contributed by atoms with Crippen LogP contribution in [-0.2, 0) is 6.42 Å². The Balaban J connectivity index is 2.14. The van der Waals surface area contributed by atoms with Crippen molar-refractivity contribution in [2.45, 2.75) is 31.9 Å². The number of rotatable bonds is 6. The summed E-state index contributed by atoms with van der Waals surface area (Å²) in [4.78, 5) is 0. The number of nitrogens with two attached hydrogens (primary N) is 1. The van der Waals surface area contributed by atoms with E-state index in [0.29, 0.717) is 6.42 Å². The highest BCUT2D eigenvalue weighted by Gasteiger charge is 2.23. The van der Waals surface area contributed by atoms with Crippen molar-refractivity contribution < 1.29 is 9.15 Å². The van der Waals surface area contributed by atoms with E-state index in [2.05, 4.69) is 6.07 Å². The maximum atomic E-state index is 8.65. The van der Waals surface area contributed by atoms with Gasteiger partial charge in [-0.2, -0.15) is 5.26 Å². The summed E-state index contributed by atoms with van der Waals surface area (Å²) < 4.78 is 11.3. The van der Waals surface area contributed by atoms with E-state index < -0.39 is 0 Å². The van der Waals surface area contributed by atoms with Crippen molar-refractivity contribution in [2.24, 2.45) is 5.73 Å². The highest BCUT2D eigenvalue weighted by molar-refractivity contribution is 5.29. The Morgan fingerprint density at radius 1 is 1.30 bits per heavy atom. The lowest BCUT2D eigenvalue weighted by molar-refractivity contribution is 0.144.